The average molecular weight is 409 g/mol. The van der Waals surface area contributed by atoms with Crippen molar-refractivity contribution < 1.29 is 24.1 Å². The van der Waals surface area contributed by atoms with E-state index in [9.17, 15) is 9.90 Å². The van der Waals surface area contributed by atoms with Crippen LogP contribution in [-0.2, 0) is 0 Å². The molecule has 0 spiro atoms. The zero-order valence-corrected chi connectivity index (χ0v) is 18.0. The van der Waals surface area contributed by atoms with E-state index in [-0.39, 0.29) is 18.6 Å². The molecule has 2 aromatic rings. The molecule has 0 aliphatic heterocycles. The highest BCUT2D eigenvalue weighted by Crippen LogP contribution is 2.42. The molecule has 1 heterocycles. The van der Waals surface area contributed by atoms with Crippen LogP contribution in [0.1, 0.15) is 35.6 Å². The number of nitrogens with one attached hydrogen (secondary N) is 1. The zero-order chi connectivity index (χ0) is 20.8. The van der Waals surface area contributed by atoms with Gasteiger partial charge in [-0.1, -0.05) is 13.8 Å². The molecule has 154 valence electrons. The Labute approximate surface area is 169 Å². The predicted molar refractivity (Wildman–Crippen MR) is 110 cm³/mol. The summed E-state index contributed by atoms with van der Waals surface area (Å²) in [7, 11) is 4.65. The molecule has 0 saturated heterocycles. The van der Waals surface area contributed by atoms with Gasteiger partial charge < -0.3 is 24.6 Å². The molecule has 0 radical (unpaired) electrons. The highest BCUT2D eigenvalue weighted by Gasteiger charge is 2.21. The zero-order valence-electron chi connectivity index (χ0n) is 17.2. The third kappa shape index (κ3) is 4.94. The first kappa shape index (κ1) is 22.0. The highest BCUT2D eigenvalue weighted by atomic mass is 32.1. The summed E-state index contributed by atoms with van der Waals surface area (Å²) in [6.45, 7) is 5.80. The molecule has 2 N–H and O–H groups in total. The molecule has 2 rings (SSSR count). The monoisotopic (exact) mass is 408 g/mol. The van der Waals surface area contributed by atoms with Crippen LogP contribution in [0, 0.1) is 12.8 Å². The van der Waals surface area contributed by atoms with Crippen molar-refractivity contribution >= 4 is 17.2 Å². The summed E-state index contributed by atoms with van der Waals surface area (Å²) in [5, 5.41) is 13.1. The number of aryl methyl sites for hydroxylation is 1. The Morgan fingerprint density at radius 3 is 2.25 bits per heavy atom. The Balaban J connectivity index is 2.34. The molecule has 7 nitrogen and oxygen atoms in total. The Morgan fingerprint density at radius 2 is 1.79 bits per heavy atom. The van der Waals surface area contributed by atoms with Gasteiger partial charge in [0.15, 0.2) is 11.5 Å². The molecular weight excluding hydrogens is 380 g/mol. The lowest BCUT2D eigenvalue weighted by Gasteiger charge is -2.17. The number of aromatic nitrogens is 1. The van der Waals surface area contributed by atoms with E-state index >= 15 is 0 Å². The second-order valence-corrected chi connectivity index (χ2v) is 7.83. The summed E-state index contributed by atoms with van der Waals surface area (Å²) in [6, 6.07) is 3.33. The first-order chi connectivity index (χ1) is 13.3. The number of benzene rings is 1. The number of thiazole rings is 1. The van der Waals surface area contributed by atoms with Crippen molar-refractivity contribution in [1.82, 2.24) is 10.3 Å². The van der Waals surface area contributed by atoms with Gasteiger partial charge in [-0.25, -0.2) is 4.98 Å². The van der Waals surface area contributed by atoms with Gasteiger partial charge in [-0.2, -0.15) is 0 Å². The lowest BCUT2D eigenvalue weighted by Crippen LogP contribution is -2.38. The molecule has 1 aromatic carbocycles. The number of hydrogen-bond acceptors (Lipinski definition) is 7. The van der Waals surface area contributed by atoms with E-state index in [2.05, 4.69) is 24.1 Å². The number of amides is 1. The van der Waals surface area contributed by atoms with Crippen LogP contribution in [-0.4, -0.2) is 50.0 Å². The molecule has 8 heteroatoms. The van der Waals surface area contributed by atoms with Gasteiger partial charge in [-0.15, -0.1) is 11.3 Å². The summed E-state index contributed by atoms with van der Waals surface area (Å²) in [5.74, 6) is 1.68. The first-order valence-corrected chi connectivity index (χ1v) is 9.85. The molecule has 0 aliphatic rings. The first-order valence-electron chi connectivity index (χ1n) is 9.04. The minimum atomic E-state index is -0.279. The fourth-order valence-corrected chi connectivity index (χ4v) is 3.89. The number of aliphatic hydroxyl groups is 1. The lowest BCUT2D eigenvalue weighted by atomic mass is 10.0. The number of hydrogen-bond donors (Lipinski definition) is 2. The van der Waals surface area contributed by atoms with Crippen molar-refractivity contribution in [1.29, 1.82) is 0 Å². The van der Waals surface area contributed by atoms with Crippen LogP contribution < -0.4 is 19.5 Å². The topological polar surface area (TPSA) is 89.9 Å². The Hall–Kier alpha value is -2.32. The summed E-state index contributed by atoms with van der Waals surface area (Å²) in [5.41, 5.74) is 1.40. The second kappa shape index (κ2) is 9.75. The molecule has 28 heavy (non-hydrogen) atoms. The number of carbonyl (C=O) groups excluding carboxylic acids is 1. The molecule has 0 bridgehead atoms. The maximum absolute atomic E-state index is 12.7. The van der Waals surface area contributed by atoms with Crippen LogP contribution in [0.3, 0.4) is 0 Å². The van der Waals surface area contributed by atoms with E-state index in [1.54, 1.807) is 40.4 Å². The summed E-state index contributed by atoms with van der Waals surface area (Å²) in [6.07, 6.45) is 0.708. The Morgan fingerprint density at radius 1 is 1.18 bits per heavy atom. The van der Waals surface area contributed by atoms with Gasteiger partial charge in [-0.05, 0) is 31.4 Å². The summed E-state index contributed by atoms with van der Waals surface area (Å²) in [4.78, 5) is 17.8. The van der Waals surface area contributed by atoms with Gasteiger partial charge in [0.05, 0.1) is 39.7 Å². The van der Waals surface area contributed by atoms with E-state index < -0.39 is 0 Å². The Kier molecular flexibility index (Phi) is 7.65. The number of ether oxygens (including phenoxy) is 3. The molecule has 0 fully saturated rings. The van der Waals surface area contributed by atoms with Gasteiger partial charge >= 0.3 is 0 Å². The van der Waals surface area contributed by atoms with Gasteiger partial charge in [0.1, 0.15) is 9.88 Å². The average Bonchev–Trinajstić information content (AvgIpc) is 3.07. The van der Waals surface area contributed by atoms with Gasteiger partial charge in [0.2, 0.25) is 5.75 Å². The van der Waals surface area contributed by atoms with Crippen LogP contribution in [0.2, 0.25) is 0 Å². The number of aliphatic hydroxyl groups excluding tert-OH is 1. The number of carbonyl (C=O) groups is 1. The minimum Gasteiger partial charge on any atom is -0.493 e. The van der Waals surface area contributed by atoms with Crippen LogP contribution in [0.15, 0.2) is 12.1 Å². The smallest absolute Gasteiger partial charge is 0.263 e. The number of methoxy groups -OCH3 is 3. The number of rotatable bonds is 9. The standard InChI is InChI=1S/C20H28N2O5S/c1-11(2)7-14(10-23)22-19(24)18-12(3)21-20(28-18)13-8-15(25-4)17(27-6)16(9-13)26-5/h8-9,11,14,23H,7,10H2,1-6H3,(H,22,24). The maximum atomic E-state index is 12.7. The molecule has 1 unspecified atom stereocenters. The van der Waals surface area contributed by atoms with E-state index in [4.69, 9.17) is 14.2 Å². The molecule has 1 atom stereocenters. The quantitative estimate of drug-likeness (QED) is 0.662. The maximum Gasteiger partial charge on any atom is 0.263 e. The third-order valence-electron chi connectivity index (χ3n) is 4.23. The molecule has 1 aromatic heterocycles. The molecular formula is C20H28N2O5S. The van der Waals surface area contributed by atoms with Crippen LogP contribution in [0.25, 0.3) is 10.6 Å². The van der Waals surface area contributed by atoms with Gasteiger partial charge in [-0.3, -0.25) is 4.79 Å². The van der Waals surface area contributed by atoms with E-state index in [0.717, 1.165) is 5.56 Å². The summed E-state index contributed by atoms with van der Waals surface area (Å²) < 4.78 is 16.1. The third-order valence-corrected chi connectivity index (χ3v) is 5.43. The fraction of sp³-hybridized carbons (Fsp3) is 0.500. The normalized spacial score (nSPS) is 12.0. The van der Waals surface area contributed by atoms with Gasteiger partial charge in [0, 0.05) is 5.56 Å². The van der Waals surface area contributed by atoms with Crippen molar-refractivity contribution in [2.45, 2.75) is 33.2 Å². The highest BCUT2D eigenvalue weighted by molar-refractivity contribution is 7.17. The Bertz CT molecular complexity index is 794. The van der Waals surface area contributed by atoms with Crippen LogP contribution in [0.5, 0.6) is 17.2 Å². The van der Waals surface area contributed by atoms with Crippen molar-refractivity contribution in [2.24, 2.45) is 5.92 Å². The lowest BCUT2D eigenvalue weighted by molar-refractivity contribution is 0.0911. The second-order valence-electron chi connectivity index (χ2n) is 6.83. The van der Waals surface area contributed by atoms with Crippen LogP contribution in [0.4, 0.5) is 0 Å². The predicted octanol–water partition coefficient (Wildman–Crippen LogP) is 3.28. The summed E-state index contributed by atoms with van der Waals surface area (Å²) >= 11 is 1.29. The molecule has 1 amide bonds. The minimum absolute atomic E-state index is 0.0957. The SMILES string of the molecule is COc1cc(-c2nc(C)c(C(=O)NC(CO)CC(C)C)s2)cc(OC)c1OC. The molecule has 0 aliphatic carbocycles. The van der Waals surface area contributed by atoms with Crippen molar-refractivity contribution in [3.63, 3.8) is 0 Å². The largest absolute Gasteiger partial charge is 0.493 e. The van der Waals surface area contributed by atoms with Crippen molar-refractivity contribution in [3.8, 4) is 27.8 Å². The number of nitrogens with zero attached hydrogens (tertiary/aromatic N) is 1. The fourth-order valence-electron chi connectivity index (χ4n) is 2.93. The van der Waals surface area contributed by atoms with Gasteiger partial charge in [0.25, 0.3) is 5.91 Å². The van der Waals surface area contributed by atoms with Crippen molar-refractivity contribution in [3.05, 3.63) is 22.7 Å². The van der Waals surface area contributed by atoms with E-state index in [0.29, 0.717) is 45.2 Å². The van der Waals surface area contributed by atoms with Crippen LogP contribution >= 0.6 is 11.3 Å². The molecule has 0 saturated carbocycles. The van der Waals surface area contributed by atoms with Crippen molar-refractivity contribution in [2.75, 3.05) is 27.9 Å². The van der Waals surface area contributed by atoms with E-state index in [1.165, 1.54) is 11.3 Å². The van der Waals surface area contributed by atoms with E-state index in [1.807, 2.05) is 0 Å².